The van der Waals surface area contributed by atoms with Gasteiger partial charge in [0.15, 0.2) is 11.2 Å². The van der Waals surface area contributed by atoms with Gasteiger partial charge in [-0.3, -0.25) is 9.48 Å². The van der Waals surface area contributed by atoms with Crippen LogP contribution in [0.25, 0.3) is 11.2 Å². The lowest BCUT2D eigenvalue weighted by Crippen LogP contribution is -2.30. The molecule has 0 unspecified atom stereocenters. The molecule has 2 aliphatic rings. The first-order valence-corrected chi connectivity index (χ1v) is 10.7. The number of nitrogens with zero attached hydrogens (tertiary/aromatic N) is 7. The van der Waals surface area contributed by atoms with Gasteiger partial charge in [-0.2, -0.15) is 10.1 Å². The number of rotatable bonds is 6. The summed E-state index contributed by atoms with van der Waals surface area (Å²) in [6.07, 6.45) is 8.24. The highest BCUT2D eigenvalue weighted by molar-refractivity contribution is 5.99. The third-order valence-electron chi connectivity index (χ3n) is 6.05. The third-order valence-corrected chi connectivity index (χ3v) is 6.05. The summed E-state index contributed by atoms with van der Waals surface area (Å²) in [6.45, 7) is 4.88. The highest BCUT2D eigenvalue weighted by atomic mass is 16.5. The van der Waals surface area contributed by atoms with Crippen LogP contribution in [0.3, 0.4) is 0 Å². The van der Waals surface area contributed by atoms with Crippen molar-refractivity contribution >= 4 is 34.4 Å². The summed E-state index contributed by atoms with van der Waals surface area (Å²) in [5, 5.41) is 19.1. The fraction of sp³-hybridized carbons (Fsp3) is 0.273. The standard InChI is InChI=1S/C22H21N9O2/c1-2-20(32)26-17-5-3-4-16-15(17)6-7-19(16)31-21-18(28-29-31)9-23-22(27-21)25-13-8-24-30(10-13)14-11-33-12-14/h2-5,8-10,14,19H,1,6-7,11-12H2,(H,26,32)(H,23,25,27)/t19-/m0/s1. The number of carbonyl (C=O) groups excluding carboxylic acids is 1. The molecule has 3 aromatic heterocycles. The van der Waals surface area contributed by atoms with Gasteiger partial charge in [0.05, 0.1) is 43.4 Å². The fourth-order valence-electron chi connectivity index (χ4n) is 4.31. The van der Waals surface area contributed by atoms with Crippen molar-refractivity contribution in [3.63, 3.8) is 0 Å². The Balaban J connectivity index is 1.30. The highest BCUT2D eigenvalue weighted by Gasteiger charge is 2.29. The van der Waals surface area contributed by atoms with Crippen LogP contribution in [-0.2, 0) is 16.0 Å². The van der Waals surface area contributed by atoms with Crippen LogP contribution in [0.1, 0.15) is 29.6 Å². The number of hydrogen-bond acceptors (Lipinski definition) is 8. The Morgan fingerprint density at radius 1 is 1.27 bits per heavy atom. The molecule has 1 aliphatic carbocycles. The maximum atomic E-state index is 11.8. The molecule has 11 nitrogen and oxygen atoms in total. The van der Waals surface area contributed by atoms with Gasteiger partial charge in [-0.25, -0.2) is 9.67 Å². The van der Waals surface area contributed by atoms with Crippen molar-refractivity contribution in [2.24, 2.45) is 0 Å². The van der Waals surface area contributed by atoms with Gasteiger partial charge < -0.3 is 15.4 Å². The highest BCUT2D eigenvalue weighted by Crippen LogP contribution is 2.38. The lowest BCUT2D eigenvalue weighted by atomic mass is 10.1. The zero-order valence-electron chi connectivity index (χ0n) is 17.7. The normalized spacial score (nSPS) is 17.5. The average molecular weight is 443 g/mol. The first-order chi connectivity index (χ1) is 16.2. The largest absolute Gasteiger partial charge is 0.377 e. The van der Waals surface area contributed by atoms with Gasteiger partial charge in [0.1, 0.15) is 0 Å². The van der Waals surface area contributed by atoms with Crippen molar-refractivity contribution in [3.8, 4) is 0 Å². The molecule has 0 bridgehead atoms. The van der Waals surface area contributed by atoms with E-state index in [1.807, 2.05) is 27.7 Å². The van der Waals surface area contributed by atoms with E-state index in [0.717, 1.165) is 35.3 Å². The molecule has 4 aromatic rings. The van der Waals surface area contributed by atoms with Gasteiger partial charge in [-0.15, -0.1) is 5.10 Å². The summed E-state index contributed by atoms with van der Waals surface area (Å²) in [5.41, 5.74) is 5.06. The van der Waals surface area contributed by atoms with Crippen molar-refractivity contribution in [2.75, 3.05) is 23.8 Å². The first-order valence-electron chi connectivity index (χ1n) is 10.7. The minimum Gasteiger partial charge on any atom is -0.377 e. The molecule has 1 atom stereocenters. The minimum atomic E-state index is -0.227. The smallest absolute Gasteiger partial charge is 0.247 e. The Kier molecular flexibility index (Phi) is 4.61. The Labute approximate surface area is 188 Å². The van der Waals surface area contributed by atoms with E-state index in [0.29, 0.717) is 30.3 Å². The molecule has 1 saturated heterocycles. The molecule has 2 N–H and O–H groups in total. The van der Waals surface area contributed by atoms with Crippen LogP contribution >= 0.6 is 0 Å². The summed E-state index contributed by atoms with van der Waals surface area (Å²) in [5.74, 6) is 0.218. The van der Waals surface area contributed by atoms with Crippen molar-refractivity contribution < 1.29 is 9.53 Å². The van der Waals surface area contributed by atoms with Crippen LogP contribution in [0.2, 0.25) is 0 Å². The molecule has 6 rings (SSSR count). The Morgan fingerprint density at radius 2 is 2.18 bits per heavy atom. The van der Waals surface area contributed by atoms with Crippen molar-refractivity contribution in [2.45, 2.75) is 24.9 Å². The van der Waals surface area contributed by atoms with Crippen LogP contribution in [0.5, 0.6) is 0 Å². The number of nitrogens with one attached hydrogen (secondary N) is 2. The number of hydrogen-bond donors (Lipinski definition) is 2. The molecule has 4 heterocycles. The SMILES string of the molecule is C=CC(=O)Nc1cccc2c1CC[C@@H]2n1nnc2cnc(Nc3cnn(C4COC4)c3)nc21. The van der Waals surface area contributed by atoms with Crippen molar-refractivity contribution in [1.82, 2.24) is 34.7 Å². The van der Waals surface area contributed by atoms with E-state index < -0.39 is 0 Å². The second-order valence-electron chi connectivity index (χ2n) is 8.08. The average Bonchev–Trinajstić information content (AvgIpc) is 3.51. The number of ether oxygens (including phenoxy) is 1. The van der Waals surface area contributed by atoms with Gasteiger partial charge in [0.25, 0.3) is 0 Å². The third kappa shape index (κ3) is 3.42. The molecule has 1 fully saturated rings. The number of aromatic nitrogens is 7. The number of amides is 1. The molecule has 1 aromatic carbocycles. The Hall–Kier alpha value is -4.12. The van der Waals surface area contributed by atoms with Crippen molar-refractivity contribution in [3.05, 3.63) is 60.6 Å². The maximum Gasteiger partial charge on any atom is 0.247 e. The minimum absolute atomic E-state index is 0.0327. The molecule has 1 aliphatic heterocycles. The van der Waals surface area contributed by atoms with Crippen LogP contribution < -0.4 is 10.6 Å². The van der Waals surface area contributed by atoms with Gasteiger partial charge in [0, 0.05) is 11.9 Å². The van der Waals surface area contributed by atoms with E-state index in [2.05, 4.69) is 43.7 Å². The van der Waals surface area contributed by atoms with Gasteiger partial charge in [-0.1, -0.05) is 23.9 Å². The predicted molar refractivity (Wildman–Crippen MR) is 120 cm³/mol. The number of carbonyl (C=O) groups is 1. The number of fused-ring (bicyclic) bond motifs is 2. The quantitative estimate of drug-likeness (QED) is 0.435. The van der Waals surface area contributed by atoms with E-state index in [1.165, 1.54) is 6.08 Å². The molecular weight excluding hydrogens is 422 g/mol. The molecule has 1 amide bonds. The number of benzene rings is 1. The maximum absolute atomic E-state index is 11.8. The fourth-order valence-corrected chi connectivity index (χ4v) is 4.31. The lowest BCUT2D eigenvalue weighted by Gasteiger charge is -2.25. The molecule has 0 radical (unpaired) electrons. The summed E-state index contributed by atoms with van der Waals surface area (Å²) in [6, 6.07) is 6.14. The summed E-state index contributed by atoms with van der Waals surface area (Å²) in [4.78, 5) is 20.9. The van der Waals surface area contributed by atoms with E-state index in [4.69, 9.17) is 9.72 Å². The van der Waals surface area contributed by atoms with E-state index >= 15 is 0 Å². The summed E-state index contributed by atoms with van der Waals surface area (Å²) in [7, 11) is 0. The predicted octanol–water partition coefficient (Wildman–Crippen LogP) is 2.39. The van der Waals surface area contributed by atoms with E-state index in [-0.39, 0.29) is 18.0 Å². The molecule has 166 valence electrons. The second kappa shape index (κ2) is 7.78. The van der Waals surface area contributed by atoms with Gasteiger partial charge in [0.2, 0.25) is 11.9 Å². The van der Waals surface area contributed by atoms with Crippen LogP contribution in [-0.4, -0.2) is 53.9 Å². The monoisotopic (exact) mass is 443 g/mol. The van der Waals surface area contributed by atoms with Crippen LogP contribution in [0.4, 0.5) is 17.3 Å². The summed E-state index contributed by atoms with van der Waals surface area (Å²) >= 11 is 0. The second-order valence-corrected chi connectivity index (χ2v) is 8.08. The Morgan fingerprint density at radius 3 is 3.00 bits per heavy atom. The Bertz CT molecular complexity index is 1370. The lowest BCUT2D eigenvalue weighted by molar-refractivity contribution is -0.111. The molecule has 11 heteroatoms. The van der Waals surface area contributed by atoms with Gasteiger partial charge in [-0.05, 0) is 36.1 Å². The summed E-state index contributed by atoms with van der Waals surface area (Å²) < 4.78 is 8.95. The first kappa shape index (κ1) is 19.6. The van der Waals surface area contributed by atoms with Crippen molar-refractivity contribution in [1.29, 1.82) is 0 Å². The molecule has 0 spiro atoms. The molecule has 0 saturated carbocycles. The molecular formula is C22H21N9O2. The van der Waals surface area contributed by atoms with Crippen LogP contribution in [0, 0.1) is 0 Å². The number of anilines is 3. The van der Waals surface area contributed by atoms with Gasteiger partial charge >= 0.3 is 0 Å². The van der Waals surface area contributed by atoms with Crippen LogP contribution in [0.15, 0.2) is 49.4 Å². The zero-order chi connectivity index (χ0) is 22.4. The topological polar surface area (TPSA) is 125 Å². The van der Waals surface area contributed by atoms with E-state index in [1.54, 1.807) is 12.4 Å². The zero-order valence-corrected chi connectivity index (χ0v) is 17.7. The molecule has 33 heavy (non-hydrogen) atoms. The van der Waals surface area contributed by atoms with E-state index in [9.17, 15) is 4.79 Å².